The van der Waals surface area contributed by atoms with Gasteiger partial charge in [-0.25, -0.2) is 0 Å². The Morgan fingerprint density at radius 3 is 2.80 bits per heavy atom. The summed E-state index contributed by atoms with van der Waals surface area (Å²) in [6.07, 6.45) is 5.06. The molecule has 0 aliphatic heterocycles. The zero-order valence-corrected chi connectivity index (χ0v) is 16.9. The number of methoxy groups -OCH3 is 1. The summed E-state index contributed by atoms with van der Waals surface area (Å²) in [6, 6.07) is 11.0. The van der Waals surface area contributed by atoms with E-state index in [0.717, 1.165) is 10.9 Å². The summed E-state index contributed by atoms with van der Waals surface area (Å²) < 4.78 is 9.69. The molecule has 1 N–H and O–H groups in total. The summed E-state index contributed by atoms with van der Waals surface area (Å²) in [5.74, 6) is -0.0356. The fourth-order valence-corrected chi connectivity index (χ4v) is 3.33. The first-order valence-corrected chi connectivity index (χ1v) is 9.47. The number of benzene rings is 1. The first-order chi connectivity index (χ1) is 14.5. The van der Waals surface area contributed by atoms with Gasteiger partial charge in [-0.2, -0.15) is 9.78 Å². The van der Waals surface area contributed by atoms with Crippen molar-refractivity contribution in [1.29, 1.82) is 0 Å². The highest BCUT2D eigenvalue weighted by atomic mass is 16.5. The number of nitrogens with one attached hydrogen (secondary N) is 1. The Morgan fingerprint density at radius 2 is 2.07 bits per heavy atom. The first-order valence-electron chi connectivity index (χ1n) is 9.47. The topological polar surface area (TPSA) is 96.0 Å². The second kappa shape index (κ2) is 7.96. The Hall–Kier alpha value is -3.72. The molecule has 0 saturated heterocycles. The molecule has 0 bridgehead atoms. The van der Waals surface area contributed by atoms with Gasteiger partial charge in [0.05, 0.1) is 24.5 Å². The molecule has 3 aromatic heterocycles. The Balaban J connectivity index is 1.88. The molecular weight excluding hydrogens is 384 g/mol. The lowest BCUT2D eigenvalue weighted by Gasteiger charge is -2.14. The minimum absolute atomic E-state index is 0.00964. The summed E-state index contributed by atoms with van der Waals surface area (Å²) in [4.78, 5) is 26.0. The second-order valence-corrected chi connectivity index (χ2v) is 7.08. The molecule has 3 heterocycles. The number of carbonyl (C=O) groups is 1. The van der Waals surface area contributed by atoms with Crippen LogP contribution in [0.1, 0.15) is 17.3 Å². The van der Waals surface area contributed by atoms with Gasteiger partial charge in [-0.3, -0.25) is 18.8 Å². The van der Waals surface area contributed by atoms with Crippen LogP contribution in [0.25, 0.3) is 22.4 Å². The number of nitrogens with zero attached hydrogens (tertiary/aromatic N) is 5. The van der Waals surface area contributed by atoms with Gasteiger partial charge in [-0.15, -0.1) is 5.10 Å². The highest BCUT2D eigenvalue weighted by Gasteiger charge is 2.20. The molecule has 1 amide bonds. The summed E-state index contributed by atoms with van der Waals surface area (Å²) in [7, 11) is 3.30. The van der Waals surface area contributed by atoms with Crippen LogP contribution >= 0.6 is 0 Å². The lowest BCUT2D eigenvalue weighted by molar-refractivity contribution is 0.0903. The summed E-state index contributed by atoms with van der Waals surface area (Å²) in [6.45, 7) is 2.14. The average molecular weight is 406 g/mol. The molecule has 4 rings (SSSR count). The van der Waals surface area contributed by atoms with Crippen LogP contribution in [0.3, 0.4) is 0 Å². The Morgan fingerprint density at radius 1 is 1.27 bits per heavy atom. The third kappa shape index (κ3) is 3.62. The van der Waals surface area contributed by atoms with Crippen LogP contribution in [-0.2, 0) is 11.8 Å². The number of hydrogen-bond donors (Lipinski definition) is 1. The summed E-state index contributed by atoms with van der Waals surface area (Å²) >= 11 is 0. The van der Waals surface area contributed by atoms with Crippen molar-refractivity contribution in [3.63, 3.8) is 0 Å². The number of rotatable bonds is 6. The highest BCUT2D eigenvalue weighted by Crippen LogP contribution is 2.19. The number of hydrogen-bond acceptors (Lipinski definition) is 5. The van der Waals surface area contributed by atoms with Crippen molar-refractivity contribution < 1.29 is 9.53 Å². The maximum Gasteiger partial charge on any atom is 0.284 e. The molecule has 154 valence electrons. The summed E-state index contributed by atoms with van der Waals surface area (Å²) in [5.41, 5.74) is 0.857. The Labute approximate surface area is 172 Å². The third-order valence-corrected chi connectivity index (χ3v) is 4.72. The molecule has 1 aromatic carbocycles. The van der Waals surface area contributed by atoms with Crippen LogP contribution in [0.5, 0.6) is 0 Å². The zero-order valence-electron chi connectivity index (χ0n) is 16.9. The Bertz CT molecular complexity index is 1270. The monoisotopic (exact) mass is 406 g/mol. The first kappa shape index (κ1) is 19.6. The number of para-hydroxylation sites is 1. The van der Waals surface area contributed by atoms with Gasteiger partial charge in [0.1, 0.15) is 11.3 Å². The third-order valence-electron chi connectivity index (χ3n) is 4.72. The SMILES string of the molecule is COC[C@H](C)NC(=O)c1cc(-n2ccc3ccccc32)nn(-c2cnn(C)c2)c1=O. The number of carbonyl (C=O) groups excluding carboxylic acids is 1. The number of fused-ring (bicyclic) bond motifs is 1. The number of aryl methyl sites for hydroxylation is 1. The van der Waals surface area contributed by atoms with Gasteiger partial charge in [0.15, 0.2) is 5.82 Å². The molecule has 9 heteroatoms. The molecule has 0 fully saturated rings. The predicted molar refractivity (Wildman–Crippen MR) is 112 cm³/mol. The van der Waals surface area contributed by atoms with Gasteiger partial charge in [0.25, 0.3) is 11.5 Å². The quantitative estimate of drug-likeness (QED) is 0.526. The smallest absolute Gasteiger partial charge is 0.284 e. The Kier molecular flexibility index (Phi) is 5.20. The largest absolute Gasteiger partial charge is 0.383 e. The van der Waals surface area contributed by atoms with Crippen molar-refractivity contribution >= 4 is 16.8 Å². The van der Waals surface area contributed by atoms with Crippen molar-refractivity contribution in [3.8, 4) is 11.5 Å². The molecule has 0 radical (unpaired) electrons. The summed E-state index contributed by atoms with van der Waals surface area (Å²) in [5, 5.41) is 12.5. The van der Waals surface area contributed by atoms with E-state index in [9.17, 15) is 9.59 Å². The molecule has 0 spiro atoms. The molecule has 0 unspecified atom stereocenters. The minimum Gasteiger partial charge on any atom is -0.383 e. The maximum atomic E-state index is 13.1. The maximum absolute atomic E-state index is 13.1. The van der Waals surface area contributed by atoms with E-state index in [1.165, 1.54) is 16.9 Å². The van der Waals surface area contributed by atoms with Crippen molar-refractivity contribution in [2.45, 2.75) is 13.0 Å². The van der Waals surface area contributed by atoms with E-state index >= 15 is 0 Å². The van der Waals surface area contributed by atoms with Crippen LogP contribution in [0.2, 0.25) is 0 Å². The number of aromatic nitrogens is 5. The highest BCUT2D eigenvalue weighted by molar-refractivity contribution is 5.94. The van der Waals surface area contributed by atoms with Crippen LogP contribution < -0.4 is 10.9 Å². The molecule has 0 saturated carbocycles. The van der Waals surface area contributed by atoms with Gasteiger partial charge in [0.2, 0.25) is 0 Å². The van der Waals surface area contributed by atoms with Gasteiger partial charge in [-0.05, 0) is 24.4 Å². The van der Waals surface area contributed by atoms with Crippen molar-refractivity contribution in [2.75, 3.05) is 13.7 Å². The van der Waals surface area contributed by atoms with Gasteiger partial charge in [0, 0.05) is 32.5 Å². The van der Waals surface area contributed by atoms with Crippen LogP contribution in [0, 0.1) is 0 Å². The average Bonchev–Trinajstić information content (AvgIpc) is 3.34. The van der Waals surface area contributed by atoms with Crippen LogP contribution in [0.4, 0.5) is 0 Å². The van der Waals surface area contributed by atoms with E-state index in [-0.39, 0.29) is 11.6 Å². The molecular formula is C21H22N6O3. The van der Waals surface area contributed by atoms with E-state index in [1.807, 2.05) is 48.0 Å². The van der Waals surface area contributed by atoms with E-state index in [0.29, 0.717) is 18.1 Å². The van der Waals surface area contributed by atoms with Crippen molar-refractivity contribution in [1.82, 2.24) is 29.4 Å². The molecule has 30 heavy (non-hydrogen) atoms. The van der Waals surface area contributed by atoms with Gasteiger partial charge in [-0.1, -0.05) is 18.2 Å². The standard InChI is InChI=1S/C21H22N6O3/c1-14(13-30-3)23-20(28)17-10-19(26-9-8-15-6-4-5-7-18(15)26)24-27(21(17)29)16-11-22-25(2)12-16/h4-12,14H,13H2,1-3H3,(H,23,28)/t14-/m0/s1. The van der Waals surface area contributed by atoms with Crippen molar-refractivity contribution in [2.24, 2.45) is 7.05 Å². The molecule has 4 aromatic rings. The second-order valence-electron chi connectivity index (χ2n) is 7.08. The normalized spacial score (nSPS) is 12.2. The van der Waals surface area contributed by atoms with E-state index in [2.05, 4.69) is 15.5 Å². The van der Waals surface area contributed by atoms with E-state index < -0.39 is 11.5 Å². The van der Waals surface area contributed by atoms with Crippen molar-refractivity contribution in [3.05, 3.63) is 70.9 Å². The van der Waals surface area contributed by atoms with Gasteiger partial charge < -0.3 is 10.1 Å². The molecule has 0 aliphatic rings. The van der Waals surface area contributed by atoms with E-state index in [4.69, 9.17) is 4.74 Å². The van der Waals surface area contributed by atoms with Crippen LogP contribution in [-0.4, -0.2) is 49.8 Å². The van der Waals surface area contributed by atoms with Gasteiger partial charge >= 0.3 is 0 Å². The van der Waals surface area contributed by atoms with Crippen LogP contribution in [0.15, 0.2) is 59.8 Å². The minimum atomic E-state index is -0.523. The predicted octanol–water partition coefficient (Wildman–Crippen LogP) is 1.67. The fourth-order valence-electron chi connectivity index (χ4n) is 3.33. The van der Waals surface area contributed by atoms with E-state index in [1.54, 1.807) is 25.0 Å². The molecule has 1 atom stereocenters. The fraction of sp³-hybridized carbons (Fsp3) is 0.238. The number of amides is 1. The lowest BCUT2D eigenvalue weighted by Crippen LogP contribution is -2.40. The zero-order chi connectivity index (χ0) is 21.3. The lowest BCUT2D eigenvalue weighted by atomic mass is 10.2. The molecule has 0 aliphatic carbocycles. The molecule has 9 nitrogen and oxygen atoms in total. The number of ether oxygens (including phenoxy) is 1.